The Balaban J connectivity index is 1.95. The molecule has 0 aliphatic rings. The van der Waals surface area contributed by atoms with Gasteiger partial charge in [0.25, 0.3) is 0 Å². The predicted octanol–water partition coefficient (Wildman–Crippen LogP) is 3.93. The van der Waals surface area contributed by atoms with Crippen molar-refractivity contribution in [1.29, 1.82) is 5.26 Å². The van der Waals surface area contributed by atoms with E-state index in [9.17, 15) is 9.65 Å². The maximum atomic E-state index is 14.0. The Hall–Kier alpha value is -3.44. The third-order valence-electron chi connectivity index (χ3n) is 5.45. The second-order valence-corrected chi connectivity index (χ2v) is 7.68. The van der Waals surface area contributed by atoms with E-state index in [0.29, 0.717) is 23.4 Å². The zero-order valence-electron chi connectivity index (χ0n) is 18.9. The van der Waals surface area contributed by atoms with Gasteiger partial charge in [0.2, 0.25) is 0 Å². The number of ether oxygens (including phenoxy) is 1. The van der Waals surface area contributed by atoms with Crippen molar-refractivity contribution in [2.24, 2.45) is 7.05 Å². The molecule has 0 fully saturated rings. The van der Waals surface area contributed by atoms with E-state index >= 15 is 0 Å². The summed E-state index contributed by atoms with van der Waals surface area (Å²) < 4.78 is 21.8. The van der Waals surface area contributed by atoms with Crippen LogP contribution in [0.2, 0.25) is 0 Å². The Morgan fingerprint density at radius 2 is 2.12 bits per heavy atom. The summed E-state index contributed by atoms with van der Waals surface area (Å²) in [7, 11) is 3.65. The fourth-order valence-corrected chi connectivity index (χ4v) is 3.83. The first kappa shape index (κ1) is 23.2. The average molecular weight is 437 g/mol. The Bertz CT molecular complexity index is 1130. The van der Waals surface area contributed by atoms with Gasteiger partial charge in [-0.2, -0.15) is 10.4 Å². The quantitative estimate of drug-likeness (QED) is 0.493. The molecule has 0 aliphatic heterocycles. The van der Waals surface area contributed by atoms with Crippen molar-refractivity contribution in [3.63, 3.8) is 0 Å². The second kappa shape index (κ2) is 10.2. The van der Waals surface area contributed by atoms with E-state index < -0.39 is 6.10 Å². The van der Waals surface area contributed by atoms with Crippen molar-refractivity contribution in [1.82, 2.24) is 20.1 Å². The number of hydrogen-bond donors (Lipinski definition) is 2. The molecule has 3 aromatic rings. The summed E-state index contributed by atoms with van der Waals surface area (Å²) in [6.45, 7) is 4.72. The van der Waals surface area contributed by atoms with E-state index in [1.165, 1.54) is 12.1 Å². The smallest absolute Gasteiger partial charge is 0.166 e. The van der Waals surface area contributed by atoms with Gasteiger partial charge in [0, 0.05) is 24.4 Å². The summed E-state index contributed by atoms with van der Waals surface area (Å²) in [5, 5.41) is 17.2. The topological polar surface area (TPSA) is 102 Å². The molecule has 1 unspecified atom stereocenters. The second-order valence-electron chi connectivity index (χ2n) is 7.68. The fourth-order valence-electron chi connectivity index (χ4n) is 3.83. The Morgan fingerprint density at radius 3 is 2.81 bits per heavy atom. The van der Waals surface area contributed by atoms with E-state index in [4.69, 9.17) is 10.5 Å². The minimum atomic E-state index is -0.440. The molecule has 1 aromatic carbocycles. The monoisotopic (exact) mass is 436 g/mol. The van der Waals surface area contributed by atoms with Crippen LogP contribution in [0.4, 0.5) is 10.2 Å². The molecule has 2 aromatic heterocycles. The van der Waals surface area contributed by atoms with Crippen molar-refractivity contribution >= 4 is 5.82 Å². The Kier molecular flexibility index (Phi) is 7.44. The van der Waals surface area contributed by atoms with E-state index in [1.54, 1.807) is 30.1 Å². The molecule has 0 saturated heterocycles. The van der Waals surface area contributed by atoms with Crippen LogP contribution in [-0.4, -0.2) is 28.4 Å². The van der Waals surface area contributed by atoms with Gasteiger partial charge in [0.1, 0.15) is 23.7 Å². The van der Waals surface area contributed by atoms with Gasteiger partial charge in [-0.15, -0.1) is 0 Å². The number of nitrogens with one attached hydrogen (secondary N) is 1. The normalized spacial score (nSPS) is 11.9. The number of aromatic nitrogens is 3. The summed E-state index contributed by atoms with van der Waals surface area (Å²) in [5.41, 5.74) is 10.6. The number of nitriles is 1. The molecule has 8 heteroatoms. The molecule has 2 heterocycles. The van der Waals surface area contributed by atoms with Crippen molar-refractivity contribution in [2.75, 3.05) is 19.3 Å². The van der Waals surface area contributed by atoms with Crippen molar-refractivity contribution in [2.45, 2.75) is 39.2 Å². The fraction of sp³-hybridized carbons (Fsp3) is 0.375. The molecule has 168 valence electrons. The third-order valence-corrected chi connectivity index (χ3v) is 5.45. The highest BCUT2D eigenvalue weighted by molar-refractivity contribution is 5.73. The highest BCUT2D eigenvalue weighted by Gasteiger charge is 2.20. The van der Waals surface area contributed by atoms with Crippen LogP contribution in [-0.2, 0) is 19.9 Å². The molecule has 3 N–H and O–H groups in total. The number of nitrogens with two attached hydrogens (primary N) is 1. The van der Waals surface area contributed by atoms with E-state index in [-0.39, 0.29) is 11.6 Å². The van der Waals surface area contributed by atoms with Crippen molar-refractivity contribution < 1.29 is 9.13 Å². The average Bonchev–Trinajstić information content (AvgIpc) is 3.11. The molecule has 0 radical (unpaired) electrons. The number of aryl methyl sites for hydroxylation is 3. The van der Waals surface area contributed by atoms with Gasteiger partial charge in [0.05, 0.1) is 5.69 Å². The summed E-state index contributed by atoms with van der Waals surface area (Å²) >= 11 is 0. The molecule has 1 atom stereocenters. The van der Waals surface area contributed by atoms with Crippen LogP contribution >= 0.6 is 0 Å². The lowest BCUT2D eigenvalue weighted by Gasteiger charge is -2.20. The maximum Gasteiger partial charge on any atom is 0.166 e. The SMILES string of the molecule is CCc1nn(C)c(C#N)c1-c1cnc(N)c(OC(C)c2cc(F)ccc2CCCNC)c1. The minimum absolute atomic E-state index is 0.231. The van der Waals surface area contributed by atoms with E-state index in [0.717, 1.165) is 41.8 Å². The molecule has 3 rings (SSSR count). The van der Waals surface area contributed by atoms with Crippen molar-refractivity contribution in [3.05, 3.63) is 58.8 Å². The number of rotatable bonds is 9. The summed E-state index contributed by atoms with van der Waals surface area (Å²) in [4.78, 5) is 4.29. The van der Waals surface area contributed by atoms with Gasteiger partial charge in [-0.3, -0.25) is 4.68 Å². The standard InChI is InChI=1S/C24H29FN6O/c1-5-20-23(21(13-26)31(4)30-20)17-11-22(24(27)29-14-17)32-15(2)19-12-18(25)9-8-16(19)7-6-10-28-3/h8-9,11-12,14-15,28H,5-7,10H2,1-4H3,(H2,27,29). The molecule has 0 bridgehead atoms. The van der Waals surface area contributed by atoms with Gasteiger partial charge in [-0.05, 0) is 69.1 Å². The molecule has 7 nitrogen and oxygen atoms in total. The first-order valence-corrected chi connectivity index (χ1v) is 10.7. The zero-order valence-corrected chi connectivity index (χ0v) is 18.9. The van der Waals surface area contributed by atoms with Gasteiger partial charge in [-0.25, -0.2) is 9.37 Å². The van der Waals surface area contributed by atoms with Crippen LogP contribution in [0.25, 0.3) is 11.1 Å². The summed E-state index contributed by atoms with van der Waals surface area (Å²) in [6, 6.07) is 8.77. The molecular formula is C24H29FN6O. The van der Waals surface area contributed by atoms with Gasteiger partial charge >= 0.3 is 0 Å². The molecule has 0 aliphatic carbocycles. The minimum Gasteiger partial charge on any atom is -0.482 e. The summed E-state index contributed by atoms with van der Waals surface area (Å²) in [5.74, 6) is 0.304. The molecule has 0 spiro atoms. The number of nitrogens with zero attached hydrogens (tertiary/aromatic N) is 4. The van der Waals surface area contributed by atoms with E-state index in [2.05, 4.69) is 21.5 Å². The summed E-state index contributed by atoms with van der Waals surface area (Å²) in [6.07, 6.45) is 3.58. The largest absolute Gasteiger partial charge is 0.482 e. The molecular weight excluding hydrogens is 407 g/mol. The van der Waals surface area contributed by atoms with Gasteiger partial charge in [0.15, 0.2) is 11.6 Å². The van der Waals surface area contributed by atoms with Crippen LogP contribution in [0.15, 0.2) is 30.5 Å². The maximum absolute atomic E-state index is 14.0. The number of pyridine rings is 1. The molecule has 32 heavy (non-hydrogen) atoms. The van der Waals surface area contributed by atoms with Crippen LogP contribution < -0.4 is 15.8 Å². The van der Waals surface area contributed by atoms with Crippen LogP contribution in [0.5, 0.6) is 5.75 Å². The highest BCUT2D eigenvalue weighted by Crippen LogP contribution is 2.34. The first-order valence-electron chi connectivity index (χ1n) is 10.7. The van der Waals surface area contributed by atoms with E-state index in [1.807, 2.05) is 20.9 Å². The van der Waals surface area contributed by atoms with Gasteiger partial charge in [-0.1, -0.05) is 13.0 Å². The van der Waals surface area contributed by atoms with Crippen LogP contribution in [0.3, 0.4) is 0 Å². The van der Waals surface area contributed by atoms with Crippen LogP contribution in [0.1, 0.15) is 48.9 Å². The lowest BCUT2D eigenvalue weighted by atomic mass is 9.99. The highest BCUT2D eigenvalue weighted by atomic mass is 19.1. The van der Waals surface area contributed by atoms with Gasteiger partial charge < -0.3 is 15.8 Å². The third kappa shape index (κ3) is 4.89. The first-order chi connectivity index (χ1) is 15.4. The number of nitrogen functional groups attached to an aromatic ring is 1. The Labute approximate surface area is 188 Å². The lowest BCUT2D eigenvalue weighted by Crippen LogP contribution is -2.12. The van der Waals surface area contributed by atoms with Crippen LogP contribution in [0, 0.1) is 17.1 Å². The van der Waals surface area contributed by atoms with Crippen molar-refractivity contribution in [3.8, 4) is 22.9 Å². The molecule has 0 amide bonds. The number of benzene rings is 1. The molecule has 0 saturated carbocycles. The predicted molar refractivity (Wildman–Crippen MR) is 123 cm³/mol. The number of anilines is 1. The lowest BCUT2D eigenvalue weighted by molar-refractivity contribution is 0.226. The number of hydrogen-bond acceptors (Lipinski definition) is 6. The number of halogens is 1. The Morgan fingerprint density at radius 1 is 1.34 bits per heavy atom. The zero-order chi connectivity index (χ0) is 23.3.